The number of ether oxygens (including phenoxy) is 1. The number of aldehydes is 1. The number of rotatable bonds is 4. The molecule has 0 heterocycles. The highest BCUT2D eigenvalue weighted by atomic mass is 16.5. The summed E-state index contributed by atoms with van der Waals surface area (Å²) in [6.07, 6.45) is 5.32. The Morgan fingerprint density at radius 2 is 2.16 bits per heavy atom. The van der Waals surface area contributed by atoms with Gasteiger partial charge in [0.2, 0.25) is 0 Å². The fraction of sp³-hybridized carbons (Fsp3) is 0.467. The van der Waals surface area contributed by atoms with Crippen LogP contribution in [0.15, 0.2) is 34.9 Å². The molecule has 0 aromatic heterocycles. The Morgan fingerprint density at radius 3 is 2.63 bits per heavy atom. The van der Waals surface area contributed by atoms with Crippen molar-refractivity contribution in [1.82, 2.24) is 0 Å². The first-order valence-corrected chi connectivity index (χ1v) is 6.19. The third kappa shape index (κ3) is 3.41. The summed E-state index contributed by atoms with van der Waals surface area (Å²) in [6.45, 7) is 7.01. The van der Waals surface area contributed by atoms with E-state index in [4.69, 9.17) is 9.84 Å². The average Bonchev–Trinajstić information content (AvgIpc) is 2.33. The van der Waals surface area contributed by atoms with Crippen LogP contribution in [0, 0.1) is 5.41 Å². The summed E-state index contributed by atoms with van der Waals surface area (Å²) in [5.74, 6) is -0.566. The molecule has 1 N–H and O–H groups in total. The van der Waals surface area contributed by atoms with Crippen molar-refractivity contribution < 1.29 is 19.4 Å². The first kappa shape index (κ1) is 15.4. The van der Waals surface area contributed by atoms with Gasteiger partial charge in [-0.3, -0.25) is 4.79 Å². The number of carbonyl (C=O) groups is 2. The maximum absolute atomic E-state index is 11.8. The summed E-state index contributed by atoms with van der Waals surface area (Å²) in [7, 11) is 0. The van der Waals surface area contributed by atoms with Crippen molar-refractivity contribution in [2.24, 2.45) is 5.41 Å². The van der Waals surface area contributed by atoms with Gasteiger partial charge in [0.05, 0.1) is 12.2 Å². The fourth-order valence-electron chi connectivity index (χ4n) is 2.03. The lowest BCUT2D eigenvalue weighted by molar-refractivity contribution is -0.141. The molecule has 0 spiro atoms. The average molecular weight is 264 g/mol. The third-order valence-corrected chi connectivity index (χ3v) is 3.25. The minimum absolute atomic E-state index is 0.207. The molecular weight excluding hydrogens is 244 g/mol. The predicted octanol–water partition coefficient (Wildman–Crippen LogP) is 1.95. The van der Waals surface area contributed by atoms with E-state index in [-0.39, 0.29) is 17.6 Å². The van der Waals surface area contributed by atoms with Crippen molar-refractivity contribution >= 4 is 12.3 Å². The molecule has 0 aromatic rings. The lowest BCUT2D eigenvalue weighted by Gasteiger charge is -2.30. The third-order valence-electron chi connectivity index (χ3n) is 3.25. The zero-order valence-corrected chi connectivity index (χ0v) is 11.8. The minimum atomic E-state index is -0.566. The van der Waals surface area contributed by atoms with Crippen LogP contribution >= 0.6 is 0 Å². The van der Waals surface area contributed by atoms with Crippen molar-refractivity contribution in [3.63, 3.8) is 0 Å². The van der Waals surface area contributed by atoms with E-state index in [0.29, 0.717) is 5.57 Å². The molecule has 19 heavy (non-hydrogen) atoms. The summed E-state index contributed by atoms with van der Waals surface area (Å²) in [5.41, 5.74) is 1.31. The van der Waals surface area contributed by atoms with Crippen LogP contribution in [0.1, 0.15) is 27.7 Å². The molecule has 104 valence electrons. The second kappa shape index (κ2) is 5.97. The Labute approximate surface area is 113 Å². The van der Waals surface area contributed by atoms with Crippen LogP contribution in [0.25, 0.3) is 0 Å². The molecule has 0 saturated heterocycles. The number of carbonyl (C=O) groups excluding carboxylic acids is 2. The molecule has 0 aliphatic heterocycles. The number of hydrogen-bond donors (Lipinski definition) is 1. The zero-order valence-electron chi connectivity index (χ0n) is 11.8. The van der Waals surface area contributed by atoms with Crippen LogP contribution in [-0.4, -0.2) is 30.1 Å². The van der Waals surface area contributed by atoms with E-state index in [0.717, 1.165) is 11.9 Å². The van der Waals surface area contributed by atoms with Gasteiger partial charge in [-0.2, -0.15) is 0 Å². The summed E-state index contributed by atoms with van der Waals surface area (Å²) >= 11 is 0. The Bertz CT molecular complexity index is 467. The van der Waals surface area contributed by atoms with Crippen molar-refractivity contribution in [3.8, 4) is 0 Å². The van der Waals surface area contributed by atoms with Crippen molar-refractivity contribution in [2.45, 2.75) is 33.8 Å². The fourth-order valence-corrected chi connectivity index (χ4v) is 2.03. The summed E-state index contributed by atoms with van der Waals surface area (Å²) < 4.78 is 5.30. The molecule has 1 aliphatic carbocycles. The molecule has 0 saturated carbocycles. The number of allylic oxidation sites excluding steroid dienone is 3. The van der Waals surface area contributed by atoms with E-state index in [1.165, 1.54) is 6.08 Å². The Kier molecular flexibility index (Phi) is 4.84. The number of aliphatic hydroxyl groups is 1. The van der Waals surface area contributed by atoms with Crippen LogP contribution in [0.2, 0.25) is 0 Å². The Hall–Kier alpha value is -1.68. The summed E-state index contributed by atoms with van der Waals surface area (Å²) in [5, 5.41) is 9.02. The molecule has 1 rings (SSSR count). The number of aliphatic hydroxyl groups excluding tert-OH is 1. The highest BCUT2D eigenvalue weighted by Gasteiger charge is 2.29. The molecule has 0 bridgehead atoms. The Morgan fingerprint density at radius 1 is 1.53 bits per heavy atom. The minimum Gasteiger partial charge on any atom is -0.450 e. The van der Waals surface area contributed by atoms with Crippen LogP contribution in [0.3, 0.4) is 0 Å². The molecule has 1 atom stereocenters. The maximum Gasteiger partial charge on any atom is 0.336 e. The van der Waals surface area contributed by atoms with Gasteiger partial charge in [0.15, 0.2) is 0 Å². The standard InChI is InChI=1S/C15H20O4/c1-5-11(8-16)14(18)19-13-6-12(9-17)15(3,4)7-10(13)2/h5-7,9,13,16H,8H2,1-4H3. The second-order valence-electron chi connectivity index (χ2n) is 5.15. The number of esters is 1. The normalized spacial score (nSPS) is 22.4. The van der Waals surface area contributed by atoms with E-state index >= 15 is 0 Å². The van der Waals surface area contributed by atoms with Gasteiger partial charge in [0.25, 0.3) is 0 Å². The Balaban J connectivity index is 2.94. The van der Waals surface area contributed by atoms with Crippen LogP contribution in [0.4, 0.5) is 0 Å². The monoisotopic (exact) mass is 264 g/mol. The largest absolute Gasteiger partial charge is 0.450 e. The van der Waals surface area contributed by atoms with Gasteiger partial charge in [-0.05, 0) is 25.5 Å². The summed E-state index contributed by atoms with van der Waals surface area (Å²) in [4.78, 5) is 22.9. The summed E-state index contributed by atoms with van der Waals surface area (Å²) in [6, 6.07) is 0. The molecule has 0 amide bonds. The van der Waals surface area contributed by atoms with Crippen molar-refractivity contribution in [2.75, 3.05) is 6.61 Å². The van der Waals surface area contributed by atoms with Crippen LogP contribution in [0.5, 0.6) is 0 Å². The van der Waals surface area contributed by atoms with E-state index in [1.807, 2.05) is 26.8 Å². The van der Waals surface area contributed by atoms with Crippen molar-refractivity contribution in [3.05, 3.63) is 34.9 Å². The molecule has 4 nitrogen and oxygen atoms in total. The molecule has 1 unspecified atom stereocenters. The van der Waals surface area contributed by atoms with Gasteiger partial charge in [-0.25, -0.2) is 4.79 Å². The molecular formula is C15H20O4. The predicted molar refractivity (Wildman–Crippen MR) is 72.4 cm³/mol. The topological polar surface area (TPSA) is 63.6 Å². The molecule has 0 fully saturated rings. The highest BCUT2D eigenvalue weighted by molar-refractivity contribution is 5.89. The SMILES string of the molecule is CC=C(CO)C(=O)OC1C=C(C=O)C(C)(C)C=C1C. The first-order chi connectivity index (χ1) is 8.85. The van der Waals surface area contributed by atoms with Gasteiger partial charge in [0.1, 0.15) is 12.4 Å². The molecule has 0 radical (unpaired) electrons. The number of hydrogen-bond acceptors (Lipinski definition) is 4. The van der Waals surface area contributed by atoms with Gasteiger partial charge >= 0.3 is 5.97 Å². The molecule has 1 aliphatic rings. The highest BCUT2D eigenvalue weighted by Crippen LogP contribution is 2.34. The second-order valence-corrected chi connectivity index (χ2v) is 5.15. The van der Waals surface area contributed by atoms with E-state index in [9.17, 15) is 9.59 Å². The van der Waals surface area contributed by atoms with Crippen LogP contribution < -0.4 is 0 Å². The molecule has 4 heteroatoms. The quantitative estimate of drug-likeness (QED) is 0.365. The van der Waals surface area contributed by atoms with E-state index < -0.39 is 12.1 Å². The van der Waals surface area contributed by atoms with Gasteiger partial charge < -0.3 is 9.84 Å². The van der Waals surface area contributed by atoms with Crippen molar-refractivity contribution in [1.29, 1.82) is 0 Å². The molecule has 0 aromatic carbocycles. The van der Waals surface area contributed by atoms with E-state index in [1.54, 1.807) is 13.0 Å². The van der Waals surface area contributed by atoms with E-state index in [2.05, 4.69) is 0 Å². The van der Waals surface area contributed by atoms with Gasteiger partial charge in [-0.1, -0.05) is 26.0 Å². The lowest BCUT2D eigenvalue weighted by atomic mass is 9.78. The first-order valence-electron chi connectivity index (χ1n) is 6.19. The van der Waals surface area contributed by atoms with Crippen LogP contribution in [-0.2, 0) is 14.3 Å². The van der Waals surface area contributed by atoms with Gasteiger partial charge in [-0.15, -0.1) is 0 Å². The smallest absolute Gasteiger partial charge is 0.336 e. The maximum atomic E-state index is 11.8. The lowest BCUT2D eigenvalue weighted by Crippen LogP contribution is -2.27. The zero-order chi connectivity index (χ0) is 14.6. The van der Waals surface area contributed by atoms with Gasteiger partial charge in [0, 0.05) is 11.0 Å².